The zero-order chi connectivity index (χ0) is 16.8. The van der Waals surface area contributed by atoms with Crippen molar-refractivity contribution in [1.82, 2.24) is 9.38 Å². The van der Waals surface area contributed by atoms with Gasteiger partial charge in [-0.3, -0.25) is 9.20 Å². The molecule has 0 unspecified atom stereocenters. The number of nitrogens with two attached hydrogens (primary N) is 1. The number of aromatic nitrogens is 2. The molecule has 0 radical (unpaired) electrons. The van der Waals surface area contributed by atoms with Gasteiger partial charge in [-0.25, -0.2) is 9.37 Å². The lowest BCUT2D eigenvalue weighted by Gasteiger charge is -2.23. The minimum atomic E-state index is -0.247. The second-order valence-corrected chi connectivity index (χ2v) is 6.40. The Morgan fingerprint density at radius 2 is 2.08 bits per heavy atom. The van der Waals surface area contributed by atoms with E-state index >= 15 is 0 Å². The van der Waals surface area contributed by atoms with E-state index in [4.69, 9.17) is 5.73 Å². The molecule has 1 aliphatic rings. The van der Waals surface area contributed by atoms with Crippen molar-refractivity contribution in [2.75, 3.05) is 5.73 Å². The number of halogens is 1. The molecule has 4 rings (SSSR count). The van der Waals surface area contributed by atoms with E-state index in [-0.39, 0.29) is 23.3 Å². The van der Waals surface area contributed by atoms with Crippen molar-refractivity contribution in [2.24, 2.45) is 5.92 Å². The molecule has 4 nitrogen and oxygen atoms in total. The lowest BCUT2D eigenvalue weighted by molar-refractivity contribution is 0.0850. The number of ketones is 1. The molecule has 1 saturated carbocycles. The van der Waals surface area contributed by atoms with Gasteiger partial charge in [0.2, 0.25) is 0 Å². The van der Waals surface area contributed by atoms with Crippen molar-refractivity contribution in [3.05, 3.63) is 53.6 Å². The summed E-state index contributed by atoms with van der Waals surface area (Å²) < 4.78 is 15.6. The average molecular weight is 323 g/mol. The van der Waals surface area contributed by atoms with Crippen molar-refractivity contribution in [3.8, 4) is 11.1 Å². The largest absolute Gasteiger partial charge is 0.382 e. The molecule has 1 fully saturated rings. The number of anilines is 1. The predicted molar refractivity (Wildman–Crippen MR) is 91.4 cm³/mol. The van der Waals surface area contributed by atoms with Crippen LogP contribution in [0.4, 0.5) is 10.2 Å². The Morgan fingerprint density at radius 3 is 2.79 bits per heavy atom. The highest BCUT2D eigenvalue weighted by Gasteiger charge is 2.30. The maximum Gasteiger partial charge on any atom is 0.186 e. The third-order valence-corrected chi connectivity index (χ3v) is 4.93. The van der Waals surface area contributed by atoms with Crippen LogP contribution >= 0.6 is 0 Å². The summed E-state index contributed by atoms with van der Waals surface area (Å²) in [6, 6.07) is 8.69. The van der Waals surface area contributed by atoms with Crippen molar-refractivity contribution in [2.45, 2.75) is 26.2 Å². The third-order valence-electron chi connectivity index (χ3n) is 4.93. The van der Waals surface area contributed by atoms with Crippen LogP contribution in [0.25, 0.3) is 16.8 Å². The minimum absolute atomic E-state index is 0.0479. The molecule has 2 N–H and O–H groups in total. The Hall–Kier alpha value is -2.69. The highest BCUT2D eigenvalue weighted by molar-refractivity contribution is 6.01. The first-order chi connectivity index (χ1) is 11.6. The Kier molecular flexibility index (Phi) is 3.37. The van der Waals surface area contributed by atoms with Crippen LogP contribution in [0, 0.1) is 18.7 Å². The molecular formula is C19H18FN3O. The molecule has 0 atom stereocenters. The van der Waals surface area contributed by atoms with Crippen LogP contribution in [0.3, 0.4) is 0 Å². The Morgan fingerprint density at radius 1 is 1.29 bits per heavy atom. The summed E-state index contributed by atoms with van der Waals surface area (Å²) in [7, 11) is 0. The Balaban J connectivity index is 1.88. The highest BCUT2D eigenvalue weighted by atomic mass is 19.1. The molecule has 3 aromatic rings. The van der Waals surface area contributed by atoms with E-state index in [1.807, 2.05) is 24.4 Å². The first-order valence-electron chi connectivity index (χ1n) is 8.13. The molecule has 0 spiro atoms. The van der Waals surface area contributed by atoms with Crippen LogP contribution in [0.15, 0.2) is 36.5 Å². The molecule has 0 saturated heterocycles. The van der Waals surface area contributed by atoms with Crippen LogP contribution in [0.5, 0.6) is 0 Å². The summed E-state index contributed by atoms with van der Waals surface area (Å²) in [6.07, 6.45) is 4.73. The molecule has 0 bridgehead atoms. The summed E-state index contributed by atoms with van der Waals surface area (Å²) in [5.41, 5.74) is 9.29. The second-order valence-electron chi connectivity index (χ2n) is 6.40. The standard InChI is InChI=1S/C19H18FN3O/c1-11-14(6-3-7-15(11)20)13-8-9-16-22-19(21)17(23(16)10-13)18(24)12-4-2-5-12/h3,6-10,12H,2,4-5,21H2,1H3. The highest BCUT2D eigenvalue weighted by Crippen LogP contribution is 2.33. The molecule has 0 aliphatic heterocycles. The van der Waals surface area contributed by atoms with E-state index in [2.05, 4.69) is 4.98 Å². The molecular weight excluding hydrogens is 305 g/mol. The van der Waals surface area contributed by atoms with Crippen molar-refractivity contribution < 1.29 is 9.18 Å². The van der Waals surface area contributed by atoms with Gasteiger partial charge in [0.25, 0.3) is 0 Å². The zero-order valence-electron chi connectivity index (χ0n) is 13.4. The molecule has 2 heterocycles. The summed E-state index contributed by atoms with van der Waals surface area (Å²) in [5.74, 6) is 0.120. The van der Waals surface area contributed by atoms with E-state index in [0.29, 0.717) is 16.9 Å². The van der Waals surface area contributed by atoms with E-state index in [1.54, 1.807) is 17.4 Å². The fraction of sp³-hybridized carbons (Fsp3) is 0.263. The summed E-state index contributed by atoms with van der Waals surface area (Å²) in [6.45, 7) is 1.75. The quantitative estimate of drug-likeness (QED) is 0.741. The van der Waals surface area contributed by atoms with Gasteiger partial charge in [0.05, 0.1) is 0 Å². The summed E-state index contributed by atoms with van der Waals surface area (Å²) >= 11 is 0. The molecule has 0 amide bonds. The number of pyridine rings is 1. The minimum Gasteiger partial charge on any atom is -0.382 e. The van der Waals surface area contributed by atoms with E-state index in [9.17, 15) is 9.18 Å². The van der Waals surface area contributed by atoms with Gasteiger partial charge in [-0.2, -0.15) is 0 Å². The SMILES string of the molecule is Cc1c(F)cccc1-c1ccc2nc(N)c(C(=O)C3CCC3)n2c1. The number of imidazole rings is 1. The van der Waals surface area contributed by atoms with Crippen LogP contribution in [0.2, 0.25) is 0 Å². The van der Waals surface area contributed by atoms with E-state index in [0.717, 1.165) is 30.4 Å². The van der Waals surface area contributed by atoms with Gasteiger partial charge in [0.15, 0.2) is 11.6 Å². The topological polar surface area (TPSA) is 60.4 Å². The van der Waals surface area contributed by atoms with Gasteiger partial charge < -0.3 is 5.73 Å². The molecule has 2 aromatic heterocycles. The number of carbonyl (C=O) groups is 1. The Labute approximate surface area is 139 Å². The fourth-order valence-electron chi connectivity index (χ4n) is 3.25. The van der Waals surface area contributed by atoms with E-state index in [1.165, 1.54) is 6.07 Å². The van der Waals surface area contributed by atoms with Crippen LogP contribution in [-0.2, 0) is 0 Å². The number of hydrogen-bond acceptors (Lipinski definition) is 3. The number of carbonyl (C=O) groups excluding carboxylic acids is 1. The Bertz CT molecular complexity index is 957. The molecule has 1 aromatic carbocycles. The van der Waals surface area contributed by atoms with Crippen molar-refractivity contribution in [1.29, 1.82) is 0 Å². The number of nitrogens with zero attached hydrogens (tertiary/aromatic N) is 2. The van der Waals surface area contributed by atoms with Gasteiger partial charge >= 0.3 is 0 Å². The van der Waals surface area contributed by atoms with Crippen molar-refractivity contribution in [3.63, 3.8) is 0 Å². The lowest BCUT2D eigenvalue weighted by Crippen LogP contribution is -2.24. The smallest absolute Gasteiger partial charge is 0.186 e. The molecule has 24 heavy (non-hydrogen) atoms. The number of fused-ring (bicyclic) bond motifs is 1. The van der Waals surface area contributed by atoms with Crippen LogP contribution in [-0.4, -0.2) is 15.2 Å². The number of Topliss-reactive ketones (excluding diaryl/α,β-unsaturated/α-hetero) is 1. The summed E-state index contributed by atoms with van der Waals surface area (Å²) in [4.78, 5) is 17.0. The first-order valence-corrected chi connectivity index (χ1v) is 8.13. The van der Waals surface area contributed by atoms with Gasteiger partial charge in [0, 0.05) is 12.1 Å². The van der Waals surface area contributed by atoms with Gasteiger partial charge in [-0.1, -0.05) is 18.6 Å². The van der Waals surface area contributed by atoms with Crippen LogP contribution in [0.1, 0.15) is 35.3 Å². The maximum atomic E-state index is 13.9. The lowest BCUT2D eigenvalue weighted by atomic mass is 9.81. The van der Waals surface area contributed by atoms with Gasteiger partial charge in [-0.05, 0) is 54.7 Å². The monoisotopic (exact) mass is 323 g/mol. The summed E-state index contributed by atoms with van der Waals surface area (Å²) in [5, 5.41) is 0. The zero-order valence-corrected chi connectivity index (χ0v) is 13.4. The van der Waals surface area contributed by atoms with Gasteiger partial charge in [-0.15, -0.1) is 0 Å². The molecule has 5 heteroatoms. The average Bonchev–Trinajstić information content (AvgIpc) is 2.83. The molecule has 122 valence electrons. The normalized spacial score (nSPS) is 14.8. The number of benzene rings is 1. The third kappa shape index (κ3) is 2.19. The fourth-order valence-corrected chi connectivity index (χ4v) is 3.25. The second kappa shape index (κ2) is 5.44. The number of nitrogen functional groups attached to an aromatic ring is 1. The predicted octanol–water partition coefficient (Wildman–Crippen LogP) is 4.01. The van der Waals surface area contributed by atoms with E-state index < -0.39 is 0 Å². The first kappa shape index (κ1) is 14.9. The number of hydrogen-bond donors (Lipinski definition) is 1. The number of rotatable bonds is 3. The van der Waals surface area contributed by atoms with Crippen LogP contribution < -0.4 is 5.73 Å². The van der Waals surface area contributed by atoms with Crippen molar-refractivity contribution >= 4 is 17.2 Å². The van der Waals surface area contributed by atoms with Gasteiger partial charge in [0.1, 0.15) is 17.2 Å². The maximum absolute atomic E-state index is 13.9. The molecule has 1 aliphatic carbocycles.